The van der Waals surface area contributed by atoms with Gasteiger partial charge < -0.3 is 24.5 Å². The molecule has 0 radical (unpaired) electrons. The molecule has 182 valence electrons. The van der Waals surface area contributed by atoms with Gasteiger partial charge in [0.05, 0.1) is 5.57 Å². The zero-order valence-corrected chi connectivity index (χ0v) is 20.2. The van der Waals surface area contributed by atoms with E-state index in [0.29, 0.717) is 42.1 Å². The fourth-order valence-corrected chi connectivity index (χ4v) is 4.82. The summed E-state index contributed by atoms with van der Waals surface area (Å²) in [5.41, 5.74) is -0.538. The molecule has 4 rings (SSSR count). The smallest absolute Gasteiger partial charge is 0.296 e. The highest BCUT2D eigenvalue weighted by atomic mass is 16.5. The molecule has 1 spiro atoms. The Morgan fingerprint density at radius 1 is 1.11 bits per heavy atom. The van der Waals surface area contributed by atoms with Crippen molar-refractivity contribution in [1.29, 1.82) is 0 Å². The van der Waals surface area contributed by atoms with E-state index < -0.39 is 28.9 Å². The van der Waals surface area contributed by atoms with Crippen LogP contribution >= 0.6 is 0 Å². The first kappa shape index (κ1) is 24.2. The highest BCUT2D eigenvalue weighted by molar-refractivity contribution is 6.50. The van der Waals surface area contributed by atoms with Gasteiger partial charge in [-0.3, -0.25) is 14.4 Å². The predicted octanol–water partition coefficient (Wildman–Crippen LogP) is 2.76. The number of benzene rings is 2. The molecule has 2 amide bonds. The van der Waals surface area contributed by atoms with Crippen molar-refractivity contribution in [1.82, 2.24) is 9.80 Å². The van der Waals surface area contributed by atoms with Gasteiger partial charge in [0.2, 0.25) is 0 Å². The van der Waals surface area contributed by atoms with E-state index in [4.69, 9.17) is 4.74 Å². The van der Waals surface area contributed by atoms with Crippen LogP contribution < -0.4 is 9.64 Å². The molecule has 1 fully saturated rings. The lowest BCUT2D eigenvalue weighted by molar-refractivity contribution is -0.143. The highest BCUT2D eigenvalue weighted by Gasteiger charge is 2.66. The molecule has 0 aliphatic carbocycles. The molecule has 2 aliphatic rings. The fourth-order valence-electron chi connectivity index (χ4n) is 4.82. The highest BCUT2D eigenvalue weighted by Crippen LogP contribution is 2.53. The largest absolute Gasteiger partial charge is 0.507 e. The van der Waals surface area contributed by atoms with Crippen molar-refractivity contribution in [3.05, 3.63) is 77.9 Å². The van der Waals surface area contributed by atoms with Crippen molar-refractivity contribution in [2.24, 2.45) is 0 Å². The van der Waals surface area contributed by atoms with E-state index in [-0.39, 0.29) is 12.1 Å². The minimum absolute atomic E-state index is 0.182. The first-order valence-electron chi connectivity index (χ1n) is 11.4. The molecule has 0 saturated carbocycles. The van der Waals surface area contributed by atoms with E-state index in [2.05, 4.69) is 6.58 Å². The van der Waals surface area contributed by atoms with Gasteiger partial charge in [-0.05, 0) is 57.4 Å². The minimum Gasteiger partial charge on any atom is -0.507 e. The number of carbonyl (C=O) groups excluding carboxylic acids is 3. The zero-order chi connectivity index (χ0) is 25.3. The minimum atomic E-state index is -1.73. The second-order valence-corrected chi connectivity index (χ2v) is 8.88. The Morgan fingerprint density at radius 2 is 1.80 bits per heavy atom. The molecule has 2 aromatic carbocycles. The average Bonchev–Trinajstić information content (AvgIpc) is 3.21. The summed E-state index contributed by atoms with van der Waals surface area (Å²) < 4.78 is 5.50. The van der Waals surface area contributed by atoms with Crippen LogP contribution in [0.3, 0.4) is 0 Å². The molecule has 1 atom stereocenters. The summed E-state index contributed by atoms with van der Waals surface area (Å²) in [6, 6.07) is 13.5. The quantitative estimate of drug-likeness (QED) is 0.273. The van der Waals surface area contributed by atoms with E-state index in [1.165, 1.54) is 9.80 Å². The van der Waals surface area contributed by atoms with Gasteiger partial charge in [0.1, 0.15) is 18.1 Å². The molecule has 2 heterocycles. The van der Waals surface area contributed by atoms with Crippen molar-refractivity contribution < 1.29 is 24.2 Å². The van der Waals surface area contributed by atoms with Gasteiger partial charge in [-0.15, -0.1) is 0 Å². The van der Waals surface area contributed by atoms with Gasteiger partial charge in [-0.2, -0.15) is 0 Å². The lowest BCUT2D eigenvalue weighted by Gasteiger charge is -2.34. The van der Waals surface area contributed by atoms with E-state index in [9.17, 15) is 19.5 Å². The van der Waals surface area contributed by atoms with Gasteiger partial charge in [0, 0.05) is 30.4 Å². The Hall–Kier alpha value is -3.91. The first-order chi connectivity index (χ1) is 16.7. The molecule has 2 aliphatic heterocycles. The average molecular weight is 476 g/mol. The van der Waals surface area contributed by atoms with Crippen LogP contribution in [0.25, 0.3) is 5.76 Å². The zero-order valence-electron chi connectivity index (χ0n) is 20.2. The first-order valence-corrected chi connectivity index (χ1v) is 11.4. The Balaban J connectivity index is 1.90. The number of aliphatic hydroxyl groups excluding tert-OH is 1. The molecule has 35 heavy (non-hydrogen) atoms. The van der Waals surface area contributed by atoms with Gasteiger partial charge in [-0.25, -0.2) is 0 Å². The van der Waals surface area contributed by atoms with E-state index in [0.717, 1.165) is 0 Å². The molecule has 0 bridgehead atoms. The summed E-state index contributed by atoms with van der Waals surface area (Å²) in [7, 11) is 5.44. The molecule has 1 N–H and O–H groups in total. The topological polar surface area (TPSA) is 90.4 Å². The van der Waals surface area contributed by atoms with Gasteiger partial charge in [0.15, 0.2) is 5.54 Å². The molecule has 1 saturated heterocycles. The van der Waals surface area contributed by atoms with Crippen LogP contribution in [0.5, 0.6) is 5.75 Å². The van der Waals surface area contributed by atoms with Crippen LogP contribution in [-0.4, -0.2) is 73.3 Å². The van der Waals surface area contributed by atoms with Crippen molar-refractivity contribution in [2.75, 3.05) is 45.7 Å². The second-order valence-electron chi connectivity index (χ2n) is 8.88. The summed E-state index contributed by atoms with van der Waals surface area (Å²) in [6.45, 7) is 4.78. The number of likely N-dealkylation sites (tertiary alicyclic amines) is 1. The number of nitrogens with zero attached hydrogens (tertiary/aromatic N) is 3. The molecular weight excluding hydrogens is 446 g/mol. The summed E-state index contributed by atoms with van der Waals surface area (Å²) in [4.78, 5) is 45.4. The number of para-hydroxylation sites is 1. The van der Waals surface area contributed by atoms with Crippen LogP contribution in [0.4, 0.5) is 5.69 Å². The van der Waals surface area contributed by atoms with Crippen LogP contribution in [0, 0.1) is 0 Å². The van der Waals surface area contributed by atoms with Crippen molar-refractivity contribution in [3.63, 3.8) is 0 Å². The number of carbonyl (C=O) groups is 3. The summed E-state index contributed by atoms with van der Waals surface area (Å²) in [5, 5.41) is 11.4. The Morgan fingerprint density at radius 3 is 2.46 bits per heavy atom. The third-order valence-electron chi connectivity index (χ3n) is 6.42. The number of likely N-dealkylation sites (N-methyl/N-ethyl adjacent to an activating group) is 1. The number of amides is 2. The monoisotopic (exact) mass is 475 g/mol. The number of hydrogen-bond acceptors (Lipinski definition) is 6. The number of fused-ring (bicyclic) bond motifs is 2. The van der Waals surface area contributed by atoms with Crippen molar-refractivity contribution in [2.45, 2.75) is 12.0 Å². The second kappa shape index (κ2) is 9.38. The van der Waals surface area contributed by atoms with Crippen LogP contribution in [0.1, 0.15) is 17.5 Å². The van der Waals surface area contributed by atoms with Gasteiger partial charge in [-0.1, -0.05) is 30.9 Å². The number of aliphatic hydroxyl groups is 1. The molecule has 8 heteroatoms. The van der Waals surface area contributed by atoms with E-state index in [1.807, 2.05) is 19.0 Å². The molecule has 1 unspecified atom stereocenters. The van der Waals surface area contributed by atoms with Crippen molar-refractivity contribution in [3.8, 4) is 5.75 Å². The third kappa shape index (κ3) is 3.80. The molecular formula is C27H29N3O5. The summed E-state index contributed by atoms with van der Waals surface area (Å²) in [6.07, 6.45) is 2.17. The number of rotatable bonds is 8. The predicted molar refractivity (Wildman–Crippen MR) is 133 cm³/mol. The third-order valence-corrected chi connectivity index (χ3v) is 6.42. The van der Waals surface area contributed by atoms with Gasteiger partial charge in [0.25, 0.3) is 17.6 Å². The molecule has 2 aromatic rings. The maximum Gasteiger partial charge on any atom is 0.296 e. The standard InChI is InChI=1S/C27H29N3O5/c1-5-17-35-19-13-11-18(12-14-19)23(31)22-24(32)25(33)30(16-8-15-28(2)3)27(22)20-9-6-7-10-21(20)29(4)26(27)34/h5-7,9-14,31H,1,8,15-17H2,2-4H3. The Kier molecular flexibility index (Phi) is 6.49. The lowest BCUT2D eigenvalue weighted by atomic mass is 9.82. The van der Waals surface area contributed by atoms with Crippen LogP contribution in [-0.2, 0) is 19.9 Å². The molecule has 8 nitrogen and oxygen atoms in total. The normalized spacial score (nSPS) is 20.7. The van der Waals surface area contributed by atoms with E-state index in [1.54, 1.807) is 61.7 Å². The fraction of sp³-hybridized carbons (Fsp3) is 0.296. The Bertz CT molecular complexity index is 1220. The number of ether oxygens (including phenoxy) is 1. The number of anilines is 1. The lowest BCUT2D eigenvalue weighted by Crippen LogP contribution is -2.51. The van der Waals surface area contributed by atoms with Gasteiger partial charge >= 0.3 is 0 Å². The summed E-state index contributed by atoms with van der Waals surface area (Å²) >= 11 is 0. The Labute approximate surface area is 204 Å². The van der Waals surface area contributed by atoms with E-state index >= 15 is 0 Å². The molecule has 0 aromatic heterocycles. The van der Waals surface area contributed by atoms with Crippen molar-refractivity contribution >= 4 is 29.0 Å². The maximum atomic E-state index is 13.9. The van der Waals surface area contributed by atoms with Crippen LogP contribution in [0.15, 0.2) is 66.8 Å². The maximum absolute atomic E-state index is 13.9. The van der Waals surface area contributed by atoms with Crippen LogP contribution in [0.2, 0.25) is 0 Å². The number of hydrogen-bond donors (Lipinski definition) is 1. The SMILES string of the molecule is C=CCOc1ccc(C(O)=C2C(=O)C(=O)N(CCCN(C)C)C23C(=O)N(C)c2ccccc23)cc1. The summed E-state index contributed by atoms with van der Waals surface area (Å²) in [5.74, 6) is -1.96. The number of Topliss-reactive ketones (excluding diaryl/α,β-unsaturated/α-hetero) is 1. The number of ketones is 1.